The first kappa shape index (κ1) is 9.71. The standard InChI is InChI=1S/C11H18N2O/c1-13-8-7-10(12-13)11(14)9-5-3-2-4-6-9/h7-9,11,14H,2-6H2,1H3. The molecule has 3 heteroatoms. The van der Waals surface area contributed by atoms with Gasteiger partial charge in [-0.2, -0.15) is 5.10 Å². The van der Waals surface area contributed by atoms with Gasteiger partial charge in [0.25, 0.3) is 0 Å². The first-order valence-electron chi connectivity index (χ1n) is 5.45. The number of rotatable bonds is 2. The van der Waals surface area contributed by atoms with Crippen LogP contribution in [0.3, 0.4) is 0 Å². The van der Waals surface area contributed by atoms with Gasteiger partial charge in [-0.25, -0.2) is 0 Å². The molecule has 14 heavy (non-hydrogen) atoms. The summed E-state index contributed by atoms with van der Waals surface area (Å²) in [5.74, 6) is 0.429. The number of aliphatic hydroxyl groups excluding tert-OH is 1. The highest BCUT2D eigenvalue weighted by Gasteiger charge is 2.24. The Labute approximate surface area is 84.7 Å². The van der Waals surface area contributed by atoms with E-state index in [0.717, 1.165) is 18.5 Å². The Bertz CT molecular complexity index is 289. The molecule has 3 nitrogen and oxygen atoms in total. The zero-order valence-electron chi connectivity index (χ0n) is 8.69. The molecule has 1 saturated carbocycles. The summed E-state index contributed by atoms with van der Waals surface area (Å²) in [6.07, 6.45) is 7.68. The molecule has 0 spiro atoms. The fourth-order valence-electron chi connectivity index (χ4n) is 2.28. The maximum atomic E-state index is 10.1. The zero-order chi connectivity index (χ0) is 9.97. The van der Waals surface area contributed by atoms with Crippen LogP contribution in [0.1, 0.15) is 43.9 Å². The van der Waals surface area contributed by atoms with Crippen LogP contribution in [-0.2, 0) is 7.05 Å². The van der Waals surface area contributed by atoms with Gasteiger partial charge >= 0.3 is 0 Å². The first-order valence-corrected chi connectivity index (χ1v) is 5.45. The van der Waals surface area contributed by atoms with Crippen molar-refractivity contribution in [1.29, 1.82) is 0 Å². The van der Waals surface area contributed by atoms with Crippen LogP contribution in [0.15, 0.2) is 12.3 Å². The van der Waals surface area contributed by atoms with Gasteiger partial charge in [-0.15, -0.1) is 0 Å². The molecular formula is C11H18N2O. The lowest BCUT2D eigenvalue weighted by molar-refractivity contribution is 0.0806. The Hall–Kier alpha value is -0.830. The molecule has 78 valence electrons. The van der Waals surface area contributed by atoms with Gasteiger partial charge in [-0.3, -0.25) is 4.68 Å². The summed E-state index contributed by atoms with van der Waals surface area (Å²) in [6.45, 7) is 0. The lowest BCUT2D eigenvalue weighted by atomic mass is 9.84. The molecule has 0 radical (unpaired) electrons. The lowest BCUT2D eigenvalue weighted by Gasteiger charge is -2.25. The van der Waals surface area contributed by atoms with Gasteiger partial charge in [-0.05, 0) is 24.8 Å². The minimum Gasteiger partial charge on any atom is -0.386 e. The molecule has 0 aromatic carbocycles. The van der Waals surface area contributed by atoms with Crippen molar-refractivity contribution in [3.63, 3.8) is 0 Å². The zero-order valence-corrected chi connectivity index (χ0v) is 8.69. The number of aromatic nitrogens is 2. The van der Waals surface area contributed by atoms with Gasteiger partial charge in [0.05, 0.1) is 5.69 Å². The van der Waals surface area contributed by atoms with E-state index in [1.54, 1.807) is 4.68 Å². The summed E-state index contributed by atoms with van der Waals surface area (Å²) in [6, 6.07) is 1.92. The van der Waals surface area contributed by atoms with Crippen LogP contribution in [0.2, 0.25) is 0 Å². The minimum absolute atomic E-state index is 0.350. The monoisotopic (exact) mass is 194 g/mol. The smallest absolute Gasteiger partial charge is 0.101 e. The predicted molar refractivity (Wildman–Crippen MR) is 54.7 cm³/mol. The lowest BCUT2D eigenvalue weighted by Crippen LogP contribution is -2.16. The van der Waals surface area contributed by atoms with E-state index in [2.05, 4.69) is 5.10 Å². The first-order chi connectivity index (χ1) is 6.77. The minimum atomic E-state index is -0.350. The molecule has 1 aliphatic rings. The van der Waals surface area contributed by atoms with Crippen LogP contribution in [0, 0.1) is 5.92 Å². The third-order valence-electron chi connectivity index (χ3n) is 3.13. The largest absolute Gasteiger partial charge is 0.386 e. The van der Waals surface area contributed by atoms with Gasteiger partial charge < -0.3 is 5.11 Å². The van der Waals surface area contributed by atoms with E-state index in [-0.39, 0.29) is 6.10 Å². The van der Waals surface area contributed by atoms with Crippen LogP contribution in [0.4, 0.5) is 0 Å². The van der Waals surface area contributed by atoms with Crippen LogP contribution in [-0.4, -0.2) is 14.9 Å². The Morgan fingerprint density at radius 2 is 2.14 bits per heavy atom. The van der Waals surface area contributed by atoms with Crippen LogP contribution in [0.5, 0.6) is 0 Å². The molecule has 0 saturated heterocycles. The molecule has 0 aliphatic heterocycles. The molecular weight excluding hydrogens is 176 g/mol. The highest BCUT2D eigenvalue weighted by atomic mass is 16.3. The van der Waals surface area contributed by atoms with Crippen molar-refractivity contribution in [2.45, 2.75) is 38.2 Å². The summed E-state index contributed by atoms with van der Waals surface area (Å²) < 4.78 is 1.75. The molecule has 1 aromatic heterocycles. The SMILES string of the molecule is Cn1ccc(C(O)C2CCCCC2)n1. The molecule has 0 amide bonds. The second-order valence-corrected chi connectivity index (χ2v) is 4.26. The maximum Gasteiger partial charge on any atom is 0.101 e. The molecule has 1 unspecified atom stereocenters. The summed E-state index contributed by atoms with van der Waals surface area (Å²) >= 11 is 0. The van der Waals surface area contributed by atoms with Crippen molar-refractivity contribution < 1.29 is 5.11 Å². The van der Waals surface area contributed by atoms with Gasteiger partial charge in [0.1, 0.15) is 6.10 Å². The maximum absolute atomic E-state index is 10.1. The number of hydrogen-bond acceptors (Lipinski definition) is 2. The van der Waals surface area contributed by atoms with Crippen molar-refractivity contribution in [3.8, 4) is 0 Å². The van der Waals surface area contributed by atoms with E-state index < -0.39 is 0 Å². The van der Waals surface area contributed by atoms with Crippen molar-refractivity contribution >= 4 is 0 Å². The Morgan fingerprint density at radius 3 is 2.71 bits per heavy atom. The van der Waals surface area contributed by atoms with E-state index in [1.807, 2.05) is 19.3 Å². The van der Waals surface area contributed by atoms with Crippen molar-refractivity contribution in [2.24, 2.45) is 13.0 Å². The highest BCUT2D eigenvalue weighted by molar-refractivity contribution is 5.04. The molecule has 1 aliphatic carbocycles. The Morgan fingerprint density at radius 1 is 1.43 bits per heavy atom. The second-order valence-electron chi connectivity index (χ2n) is 4.26. The highest BCUT2D eigenvalue weighted by Crippen LogP contribution is 2.33. The molecule has 2 rings (SSSR count). The van der Waals surface area contributed by atoms with E-state index in [0.29, 0.717) is 5.92 Å². The van der Waals surface area contributed by atoms with Gasteiger partial charge in [-0.1, -0.05) is 19.3 Å². The number of aryl methyl sites for hydroxylation is 1. The second kappa shape index (κ2) is 4.13. The van der Waals surface area contributed by atoms with Crippen LogP contribution in [0.25, 0.3) is 0 Å². The predicted octanol–water partition coefficient (Wildman–Crippen LogP) is 2.03. The Balaban J connectivity index is 2.03. The van der Waals surface area contributed by atoms with E-state index in [9.17, 15) is 5.11 Å². The van der Waals surface area contributed by atoms with E-state index >= 15 is 0 Å². The quantitative estimate of drug-likeness (QED) is 0.782. The summed E-state index contributed by atoms with van der Waals surface area (Å²) in [7, 11) is 1.89. The fourth-order valence-corrected chi connectivity index (χ4v) is 2.28. The Kier molecular flexibility index (Phi) is 2.87. The van der Waals surface area contributed by atoms with Crippen LogP contribution < -0.4 is 0 Å². The van der Waals surface area contributed by atoms with Crippen molar-refractivity contribution in [3.05, 3.63) is 18.0 Å². The van der Waals surface area contributed by atoms with E-state index in [4.69, 9.17) is 0 Å². The topological polar surface area (TPSA) is 38.0 Å². The summed E-state index contributed by atoms with van der Waals surface area (Å²) in [4.78, 5) is 0. The molecule has 1 atom stereocenters. The molecule has 1 N–H and O–H groups in total. The van der Waals surface area contributed by atoms with Crippen LogP contribution >= 0.6 is 0 Å². The van der Waals surface area contributed by atoms with Gasteiger partial charge in [0.2, 0.25) is 0 Å². The van der Waals surface area contributed by atoms with Gasteiger partial charge in [0, 0.05) is 13.2 Å². The van der Waals surface area contributed by atoms with Gasteiger partial charge in [0.15, 0.2) is 0 Å². The molecule has 1 heterocycles. The van der Waals surface area contributed by atoms with Crippen molar-refractivity contribution in [1.82, 2.24) is 9.78 Å². The average Bonchev–Trinajstić information content (AvgIpc) is 2.65. The fraction of sp³-hybridized carbons (Fsp3) is 0.727. The number of nitrogens with zero attached hydrogens (tertiary/aromatic N) is 2. The third kappa shape index (κ3) is 1.98. The molecule has 1 aromatic rings. The molecule has 0 bridgehead atoms. The summed E-state index contributed by atoms with van der Waals surface area (Å²) in [5.41, 5.74) is 0.833. The summed E-state index contributed by atoms with van der Waals surface area (Å²) in [5, 5.41) is 14.3. The number of hydrogen-bond donors (Lipinski definition) is 1. The average molecular weight is 194 g/mol. The third-order valence-corrected chi connectivity index (χ3v) is 3.13. The van der Waals surface area contributed by atoms with E-state index in [1.165, 1.54) is 19.3 Å². The van der Waals surface area contributed by atoms with Crippen molar-refractivity contribution in [2.75, 3.05) is 0 Å². The number of aliphatic hydroxyl groups is 1. The normalized spacial score (nSPS) is 21.0. The molecule has 1 fully saturated rings.